The van der Waals surface area contributed by atoms with E-state index in [0.717, 1.165) is 27.1 Å². The number of rotatable bonds is 0. The first kappa shape index (κ1) is 13.0. The molecular weight excluding hydrogens is 343 g/mol. The number of aryl methyl sites for hydroxylation is 1. The van der Waals surface area contributed by atoms with Crippen molar-refractivity contribution in [2.75, 3.05) is 13.1 Å². The van der Waals surface area contributed by atoms with Crippen molar-refractivity contribution in [2.45, 2.75) is 6.92 Å². The largest absolute Gasteiger partial charge is 0.375 e. The molecule has 0 bridgehead atoms. The minimum absolute atomic E-state index is 0.727. The summed E-state index contributed by atoms with van der Waals surface area (Å²) >= 11 is 12.5. The van der Waals surface area contributed by atoms with Crippen molar-refractivity contribution in [2.24, 2.45) is 4.99 Å². The second-order valence-corrected chi connectivity index (χ2v) is 5.12. The van der Waals surface area contributed by atoms with Crippen LogP contribution in [0.15, 0.2) is 26.1 Å². The first-order valence-electron chi connectivity index (χ1n) is 4.44. The maximum absolute atomic E-state index is 5.86. The van der Waals surface area contributed by atoms with E-state index in [2.05, 4.69) is 42.2 Å². The van der Waals surface area contributed by atoms with Crippen molar-refractivity contribution in [3.05, 3.63) is 31.7 Å². The molecule has 5 heteroatoms. The third kappa shape index (κ3) is 4.53. The molecule has 0 unspecified atom stereocenters. The van der Waals surface area contributed by atoms with Crippen LogP contribution in [0.25, 0.3) is 0 Å². The number of hydrogen-bond donors (Lipinski definition) is 1. The molecule has 0 saturated heterocycles. The molecule has 0 spiro atoms. The summed E-state index contributed by atoms with van der Waals surface area (Å²) in [5.74, 6) is 0. The molecule has 0 fully saturated rings. The molecule has 1 aromatic carbocycles. The molecule has 82 valence electrons. The van der Waals surface area contributed by atoms with Crippen LogP contribution in [-0.4, -0.2) is 19.4 Å². The number of hydrogen-bond acceptors (Lipinski definition) is 2. The summed E-state index contributed by atoms with van der Waals surface area (Å²) in [7, 11) is 0. The van der Waals surface area contributed by atoms with Crippen LogP contribution in [0.5, 0.6) is 0 Å². The third-order valence-corrected chi connectivity index (χ3v) is 3.81. The molecular formula is C10H11Br2ClN2. The van der Waals surface area contributed by atoms with Gasteiger partial charge in [0, 0.05) is 15.5 Å². The smallest absolute Gasteiger partial charge is 0.0825 e. The lowest BCUT2D eigenvalue weighted by Crippen LogP contribution is -2.04. The van der Waals surface area contributed by atoms with E-state index in [-0.39, 0.29) is 0 Å². The van der Waals surface area contributed by atoms with E-state index in [9.17, 15) is 0 Å². The Morgan fingerprint density at radius 2 is 1.93 bits per heavy atom. The zero-order chi connectivity index (χ0) is 11.3. The van der Waals surface area contributed by atoms with E-state index in [1.54, 1.807) is 6.34 Å². The standard InChI is InChI=1S/C7H5Br2Cl.C3H6N2/c1-4-2-5(8)7(10)6(9)3-4;1-2-5-3-4-1/h2-3H,1H3;3H,1-2H2,(H,4,5). The molecule has 1 aliphatic heterocycles. The van der Waals surface area contributed by atoms with Gasteiger partial charge in [-0.15, -0.1) is 0 Å². The molecule has 2 nitrogen and oxygen atoms in total. The summed E-state index contributed by atoms with van der Waals surface area (Å²) in [6.07, 6.45) is 1.74. The number of nitrogens with zero attached hydrogens (tertiary/aromatic N) is 1. The van der Waals surface area contributed by atoms with Gasteiger partial charge in [-0.3, -0.25) is 4.99 Å². The van der Waals surface area contributed by atoms with Crippen LogP contribution in [0.3, 0.4) is 0 Å². The molecule has 0 atom stereocenters. The second-order valence-electron chi connectivity index (χ2n) is 3.03. The Morgan fingerprint density at radius 3 is 2.27 bits per heavy atom. The number of nitrogens with one attached hydrogen (secondary N) is 1. The van der Waals surface area contributed by atoms with E-state index < -0.39 is 0 Å². The van der Waals surface area contributed by atoms with E-state index >= 15 is 0 Å². The Morgan fingerprint density at radius 1 is 1.33 bits per heavy atom. The van der Waals surface area contributed by atoms with Crippen molar-refractivity contribution in [3.8, 4) is 0 Å². The molecule has 1 N–H and O–H groups in total. The summed E-state index contributed by atoms with van der Waals surface area (Å²) in [4.78, 5) is 3.85. The highest BCUT2D eigenvalue weighted by Gasteiger charge is 2.01. The van der Waals surface area contributed by atoms with Crippen molar-refractivity contribution in [1.29, 1.82) is 0 Å². The van der Waals surface area contributed by atoms with Crippen LogP contribution >= 0.6 is 43.5 Å². The molecule has 2 rings (SSSR count). The quantitative estimate of drug-likeness (QED) is 0.704. The van der Waals surface area contributed by atoms with E-state index in [1.165, 1.54) is 5.56 Å². The lowest BCUT2D eigenvalue weighted by atomic mass is 10.2. The number of aliphatic imine (C=N–C) groups is 1. The predicted molar refractivity (Wildman–Crippen MR) is 73.0 cm³/mol. The predicted octanol–water partition coefficient (Wildman–Crippen LogP) is 3.79. The lowest BCUT2D eigenvalue weighted by Gasteiger charge is -1.99. The highest BCUT2D eigenvalue weighted by molar-refractivity contribution is 9.11. The summed E-state index contributed by atoms with van der Waals surface area (Å²) in [5, 5.41) is 3.66. The van der Waals surface area contributed by atoms with Crippen LogP contribution in [0.2, 0.25) is 5.02 Å². The van der Waals surface area contributed by atoms with Crippen molar-refractivity contribution < 1.29 is 0 Å². The summed E-state index contributed by atoms with van der Waals surface area (Å²) in [6.45, 7) is 4.01. The maximum atomic E-state index is 5.86. The van der Waals surface area contributed by atoms with Gasteiger partial charge >= 0.3 is 0 Å². The zero-order valence-corrected chi connectivity index (χ0v) is 12.2. The van der Waals surface area contributed by atoms with E-state index in [1.807, 2.05) is 19.1 Å². The van der Waals surface area contributed by atoms with Crippen LogP contribution in [-0.2, 0) is 0 Å². The van der Waals surface area contributed by atoms with Gasteiger partial charge in [0.25, 0.3) is 0 Å². The molecule has 1 heterocycles. The van der Waals surface area contributed by atoms with Gasteiger partial charge < -0.3 is 5.32 Å². The Bertz CT molecular complexity index is 337. The Balaban J connectivity index is 0.000000187. The minimum atomic E-state index is 0.727. The van der Waals surface area contributed by atoms with Crippen LogP contribution < -0.4 is 5.32 Å². The van der Waals surface area contributed by atoms with Crippen molar-refractivity contribution >= 4 is 49.8 Å². The number of benzene rings is 1. The Labute approximate surface area is 111 Å². The topological polar surface area (TPSA) is 24.4 Å². The van der Waals surface area contributed by atoms with Gasteiger partial charge in [-0.25, -0.2) is 0 Å². The average Bonchev–Trinajstić information content (AvgIpc) is 2.71. The maximum Gasteiger partial charge on any atom is 0.0825 e. The number of halogens is 3. The molecule has 1 aromatic rings. The third-order valence-electron chi connectivity index (χ3n) is 1.70. The SMILES string of the molecule is C1=NCCN1.Cc1cc(Br)c(Cl)c(Br)c1. The van der Waals surface area contributed by atoms with Gasteiger partial charge in [-0.2, -0.15) is 0 Å². The van der Waals surface area contributed by atoms with Crippen LogP contribution in [0.1, 0.15) is 5.56 Å². The van der Waals surface area contributed by atoms with Gasteiger partial charge in [0.15, 0.2) is 0 Å². The summed E-state index contributed by atoms with van der Waals surface area (Å²) in [6, 6.07) is 3.96. The zero-order valence-electron chi connectivity index (χ0n) is 8.23. The van der Waals surface area contributed by atoms with Gasteiger partial charge in [0.2, 0.25) is 0 Å². The van der Waals surface area contributed by atoms with Gasteiger partial charge in [0.05, 0.1) is 17.9 Å². The molecule has 0 saturated carbocycles. The monoisotopic (exact) mass is 352 g/mol. The van der Waals surface area contributed by atoms with E-state index in [4.69, 9.17) is 11.6 Å². The minimum Gasteiger partial charge on any atom is -0.375 e. The van der Waals surface area contributed by atoms with Gasteiger partial charge in [0.1, 0.15) is 0 Å². The normalized spacial score (nSPS) is 13.1. The highest BCUT2D eigenvalue weighted by Crippen LogP contribution is 2.31. The van der Waals surface area contributed by atoms with Crippen LogP contribution in [0, 0.1) is 6.92 Å². The molecule has 0 aliphatic carbocycles. The fourth-order valence-corrected chi connectivity index (χ4v) is 2.53. The molecule has 0 aromatic heterocycles. The first-order chi connectivity index (χ1) is 7.11. The van der Waals surface area contributed by atoms with Gasteiger partial charge in [-0.1, -0.05) is 11.6 Å². The first-order valence-corrected chi connectivity index (χ1v) is 6.40. The summed E-state index contributed by atoms with van der Waals surface area (Å²) in [5.41, 5.74) is 1.18. The van der Waals surface area contributed by atoms with Crippen molar-refractivity contribution in [1.82, 2.24) is 5.32 Å². The van der Waals surface area contributed by atoms with Crippen LogP contribution in [0.4, 0.5) is 0 Å². The fourth-order valence-electron chi connectivity index (χ4n) is 1.00. The second kappa shape index (κ2) is 6.51. The molecule has 0 amide bonds. The fraction of sp³-hybridized carbons (Fsp3) is 0.300. The molecule has 15 heavy (non-hydrogen) atoms. The lowest BCUT2D eigenvalue weighted by molar-refractivity contribution is 0.965. The van der Waals surface area contributed by atoms with E-state index in [0.29, 0.717) is 0 Å². The Kier molecular flexibility index (Phi) is 5.64. The van der Waals surface area contributed by atoms with Gasteiger partial charge in [-0.05, 0) is 56.5 Å². The molecule has 0 radical (unpaired) electrons. The van der Waals surface area contributed by atoms with Crippen molar-refractivity contribution in [3.63, 3.8) is 0 Å². The average molecular weight is 354 g/mol. The Hall–Kier alpha value is -0.0600. The summed E-state index contributed by atoms with van der Waals surface area (Å²) < 4.78 is 1.86. The molecule has 1 aliphatic rings. The highest BCUT2D eigenvalue weighted by atomic mass is 79.9.